The molecule has 2 heterocycles. The van der Waals surface area contributed by atoms with Crippen LogP contribution in [0.25, 0.3) is 45.3 Å². The van der Waals surface area contributed by atoms with Gasteiger partial charge in [-0.2, -0.15) is 4.98 Å². The van der Waals surface area contributed by atoms with Crippen molar-refractivity contribution in [2.45, 2.75) is 47.1 Å². The molecule has 0 fully saturated rings. The third-order valence-electron chi connectivity index (χ3n) is 7.02. The Bertz CT molecular complexity index is 1560. The van der Waals surface area contributed by atoms with Gasteiger partial charge in [0.25, 0.3) is 5.89 Å². The first kappa shape index (κ1) is 24.6. The predicted octanol–water partition coefficient (Wildman–Crippen LogP) is 7.47. The maximum atomic E-state index is 6.37. The molecule has 0 spiro atoms. The van der Waals surface area contributed by atoms with Gasteiger partial charge in [0, 0.05) is 28.2 Å². The van der Waals surface area contributed by atoms with Crippen molar-refractivity contribution in [3.05, 3.63) is 66.2 Å². The summed E-state index contributed by atoms with van der Waals surface area (Å²) >= 11 is 0. The zero-order chi connectivity index (χ0) is 26.4. The number of aromatic nitrogens is 4. The summed E-state index contributed by atoms with van der Waals surface area (Å²) in [5.74, 6) is 3.05. The SMILES string of the molecule is COc1cc(OC(C)(C)C(C)(C)C)cc(-c2nc(-c3ccc(-c4nc5cc(C)ccc5[nH]4)cc3)no2)c1. The van der Waals surface area contributed by atoms with E-state index < -0.39 is 5.60 Å². The van der Waals surface area contributed by atoms with Crippen LogP contribution in [0.2, 0.25) is 0 Å². The molecule has 3 aromatic carbocycles. The average Bonchev–Trinajstić information content (AvgIpc) is 3.50. The number of methoxy groups -OCH3 is 1. The number of aryl methyl sites for hydroxylation is 1. The minimum atomic E-state index is -0.406. The van der Waals surface area contributed by atoms with Gasteiger partial charge in [-0.15, -0.1) is 0 Å². The van der Waals surface area contributed by atoms with Crippen LogP contribution in [0.4, 0.5) is 0 Å². The Morgan fingerprint density at radius 3 is 2.19 bits per heavy atom. The number of benzene rings is 3. The number of hydrogen-bond donors (Lipinski definition) is 1. The van der Waals surface area contributed by atoms with E-state index in [0.717, 1.165) is 33.5 Å². The van der Waals surface area contributed by atoms with Crippen LogP contribution in [-0.4, -0.2) is 32.8 Å². The van der Waals surface area contributed by atoms with E-state index >= 15 is 0 Å². The van der Waals surface area contributed by atoms with Gasteiger partial charge in [-0.05, 0) is 50.6 Å². The summed E-state index contributed by atoms with van der Waals surface area (Å²) in [5.41, 5.74) is 5.23. The summed E-state index contributed by atoms with van der Waals surface area (Å²) in [6.07, 6.45) is 0. The maximum absolute atomic E-state index is 6.37. The van der Waals surface area contributed by atoms with Crippen molar-refractivity contribution in [3.63, 3.8) is 0 Å². The molecule has 0 aliphatic heterocycles. The van der Waals surface area contributed by atoms with Crippen LogP contribution in [0.3, 0.4) is 0 Å². The van der Waals surface area contributed by atoms with Crippen LogP contribution in [0, 0.1) is 12.3 Å². The Kier molecular flexibility index (Phi) is 6.02. The molecular formula is C30H32N4O3. The van der Waals surface area contributed by atoms with Crippen molar-refractivity contribution in [1.29, 1.82) is 0 Å². The lowest BCUT2D eigenvalue weighted by Gasteiger charge is -2.39. The minimum Gasteiger partial charge on any atom is -0.497 e. The highest BCUT2D eigenvalue weighted by atomic mass is 16.5. The molecule has 5 rings (SSSR count). The van der Waals surface area contributed by atoms with Gasteiger partial charge >= 0.3 is 0 Å². The number of fused-ring (bicyclic) bond motifs is 1. The average molecular weight is 497 g/mol. The van der Waals surface area contributed by atoms with Crippen molar-refractivity contribution in [2.75, 3.05) is 7.11 Å². The van der Waals surface area contributed by atoms with Gasteiger partial charge in [0.15, 0.2) is 0 Å². The van der Waals surface area contributed by atoms with Crippen molar-refractivity contribution < 1.29 is 14.0 Å². The third kappa shape index (κ3) is 4.94. The lowest BCUT2D eigenvalue weighted by molar-refractivity contribution is 0.000703. The van der Waals surface area contributed by atoms with Gasteiger partial charge in [0.1, 0.15) is 22.9 Å². The molecule has 7 heteroatoms. The highest BCUT2D eigenvalue weighted by Gasteiger charge is 2.35. The Morgan fingerprint density at radius 1 is 0.784 bits per heavy atom. The fourth-order valence-electron chi connectivity index (χ4n) is 3.81. The number of ether oxygens (including phenoxy) is 2. The molecule has 0 aliphatic rings. The van der Waals surface area contributed by atoms with Gasteiger partial charge < -0.3 is 19.0 Å². The molecule has 0 unspecified atom stereocenters. The lowest BCUT2D eigenvalue weighted by Crippen LogP contribution is -2.42. The number of aromatic amines is 1. The molecule has 0 saturated carbocycles. The number of H-pyrrole nitrogens is 1. The lowest BCUT2D eigenvalue weighted by atomic mass is 9.79. The summed E-state index contributed by atoms with van der Waals surface area (Å²) in [7, 11) is 1.63. The van der Waals surface area contributed by atoms with Crippen LogP contribution in [0.5, 0.6) is 11.5 Å². The molecule has 0 aliphatic carbocycles. The minimum absolute atomic E-state index is 0.0681. The molecule has 2 aromatic heterocycles. The Hall–Kier alpha value is -4.13. The molecule has 0 amide bonds. The first-order valence-corrected chi connectivity index (χ1v) is 12.3. The molecule has 0 radical (unpaired) electrons. The van der Waals surface area contributed by atoms with Gasteiger partial charge in [-0.1, -0.05) is 56.3 Å². The first-order chi connectivity index (χ1) is 17.5. The zero-order valence-electron chi connectivity index (χ0n) is 22.3. The number of nitrogens with zero attached hydrogens (tertiary/aromatic N) is 3. The Labute approximate surface area is 216 Å². The summed E-state index contributed by atoms with van der Waals surface area (Å²) in [5, 5.41) is 4.22. The molecule has 37 heavy (non-hydrogen) atoms. The van der Waals surface area contributed by atoms with Crippen molar-refractivity contribution in [3.8, 4) is 45.7 Å². The predicted molar refractivity (Wildman–Crippen MR) is 146 cm³/mol. The number of rotatable bonds is 6. The largest absolute Gasteiger partial charge is 0.497 e. The van der Waals surface area contributed by atoms with E-state index in [0.29, 0.717) is 23.2 Å². The third-order valence-corrected chi connectivity index (χ3v) is 7.02. The summed E-state index contributed by atoms with van der Waals surface area (Å²) in [4.78, 5) is 12.8. The fourth-order valence-corrected chi connectivity index (χ4v) is 3.81. The van der Waals surface area contributed by atoms with Crippen LogP contribution in [-0.2, 0) is 0 Å². The maximum Gasteiger partial charge on any atom is 0.258 e. The summed E-state index contributed by atoms with van der Waals surface area (Å²) in [6.45, 7) is 12.7. The summed E-state index contributed by atoms with van der Waals surface area (Å²) in [6, 6.07) is 19.8. The van der Waals surface area contributed by atoms with Crippen molar-refractivity contribution >= 4 is 11.0 Å². The number of hydrogen-bond acceptors (Lipinski definition) is 6. The molecule has 190 valence electrons. The second-order valence-corrected chi connectivity index (χ2v) is 10.9. The van der Waals surface area contributed by atoms with Crippen molar-refractivity contribution in [1.82, 2.24) is 20.1 Å². The first-order valence-electron chi connectivity index (χ1n) is 12.3. The molecule has 0 atom stereocenters. The number of nitrogens with one attached hydrogen (secondary N) is 1. The van der Waals surface area contributed by atoms with E-state index in [1.807, 2.05) is 42.5 Å². The van der Waals surface area contributed by atoms with E-state index in [1.54, 1.807) is 7.11 Å². The molecule has 5 aromatic rings. The van der Waals surface area contributed by atoms with Gasteiger partial charge in [0.2, 0.25) is 5.82 Å². The highest BCUT2D eigenvalue weighted by molar-refractivity contribution is 5.80. The fraction of sp³-hybridized carbons (Fsp3) is 0.300. The quantitative estimate of drug-likeness (QED) is 0.262. The number of imidazole rings is 1. The second kappa shape index (κ2) is 9.07. The molecular weight excluding hydrogens is 464 g/mol. The van der Waals surface area contributed by atoms with Crippen LogP contribution >= 0.6 is 0 Å². The smallest absolute Gasteiger partial charge is 0.258 e. The van der Waals surface area contributed by atoms with Crippen LogP contribution in [0.15, 0.2) is 65.2 Å². The van der Waals surface area contributed by atoms with Gasteiger partial charge in [-0.3, -0.25) is 0 Å². The van der Waals surface area contributed by atoms with E-state index in [-0.39, 0.29) is 5.41 Å². The normalized spacial score (nSPS) is 12.2. The van der Waals surface area contributed by atoms with E-state index in [1.165, 1.54) is 5.56 Å². The Morgan fingerprint density at radius 2 is 1.49 bits per heavy atom. The van der Waals surface area contributed by atoms with E-state index in [4.69, 9.17) is 19.0 Å². The van der Waals surface area contributed by atoms with E-state index in [2.05, 4.69) is 74.9 Å². The van der Waals surface area contributed by atoms with E-state index in [9.17, 15) is 0 Å². The highest BCUT2D eigenvalue weighted by Crippen LogP contribution is 2.37. The van der Waals surface area contributed by atoms with Crippen LogP contribution in [0.1, 0.15) is 40.2 Å². The van der Waals surface area contributed by atoms with Gasteiger partial charge in [-0.25, -0.2) is 4.98 Å². The Balaban J connectivity index is 1.41. The van der Waals surface area contributed by atoms with Crippen molar-refractivity contribution in [2.24, 2.45) is 5.41 Å². The van der Waals surface area contributed by atoms with Gasteiger partial charge in [0.05, 0.1) is 18.1 Å². The molecule has 0 saturated heterocycles. The second-order valence-electron chi connectivity index (χ2n) is 10.9. The summed E-state index contributed by atoms with van der Waals surface area (Å²) < 4.78 is 17.5. The van der Waals surface area contributed by atoms with Crippen LogP contribution < -0.4 is 9.47 Å². The monoisotopic (exact) mass is 496 g/mol. The topological polar surface area (TPSA) is 86.1 Å². The molecule has 1 N–H and O–H groups in total. The standard InChI is InChI=1S/C30H32N4O3/c1-18-8-13-24-25(14-18)32-26(31-24)19-9-11-20(12-10-19)27-33-28(37-34-27)21-15-22(35-7)17-23(16-21)36-30(5,6)29(2,3)4/h8-17H,1-7H3,(H,31,32). The zero-order valence-corrected chi connectivity index (χ0v) is 22.3. The molecule has 7 nitrogen and oxygen atoms in total. The molecule has 0 bridgehead atoms.